The van der Waals surface area contributed by atoms with E-state index in [0.29, 0.717) is 25.3 Å². The minimum atomic E-state index is -0.280. The summed E-state index contributed by atoms with van der Waals surface area (Å²) in [6.07, 6.45) is 2.77. The van der Waals surface area contributed by atoms with E-state index < -0.39 is 0 Å². The van der Waals surface area contributed by atoms with Gasteiger partial charge in [-0.25, -0.2) is 4.98 Å². The highest BCUT2D eigenvalue weighted by atomic mass is 16.1. The Morgan fingerprint density at radius 2 is 2.31 bits per heavy atom. The first kappa shape index (κ1) is 12.2. The van der Waals surface area contributed by atoms with Gasteiger partial charge >= 0.3 is 0 Å². The molecule has 1 aromatic heterocycles. The summed E-state index contributed by atoms with van der Waals surface area (Å²) in [6, 6.07) is 1.78. The molecule has 0 saturated carbocycles. The molecule has 0 aliphatic rings. The van der Waals surface area contributed by atoms with Gasteiger partial charge in [-0.1, -0.05) is 0 Å². The van der Waals surface area contributed by atoms with Crippen LogP contribution in [0.4, 0.5) is 11.8 Å². The van der Waals surface area contributed by atoms with E-state index in [0.717, 1.165) is 12.4 Å². The van der Waals surface area contributed by atoms with Crippen LogP contribution in [0.2, 0.25) is 0 Å². The van der Waals surface area contributed by atoms with Crippen LogP contribution in [0.25, 0.3) is 0 Å². The fourth-order valence-corrected chi connectivity index (χ4v) is 1.18. The molecular formula is C10H17N5O. The lowest BCUT2D eigenvalue weighted by atomic mass is 10.3. The van der Waals surface area contributed by atoms with Crippen LogP contribution < -0.4 is 16.4 Å². The molecule has 1 amide bonds. The van der Waals surface area contributed by atoms with Gasteiger partial charge in [-0.15, -0.1) is 0 Å². The standard InChI is InChI=1S/C10H17N5O/c1-2-12-10-14-7-5-9(15-10)13-6-3-4-8(11)16/h5,7H,2-4,6H2,1H3,(H2,11,16)(H2,12,13,14,15). The van der Waals surface area contributed by atoms with E-state index in [9.17, 15) is 4.79 Å². The van der Waals surface area contributed by atoms with E-state index in [1.54, 1.807) is 12.3 Å². The number of rotatable bonds is 7. The Bertz CT molecular complexity index is 342. The molecular weight excluding hydrogens is 206 g/mol. The van der Waals surface area contributed by atoms with E-state index >= 15 is 0 Å². The Labute approximate surface area is 94.7 Å². The number of hydrogen-bond donors (Lipinski definition) is 3. The molecule has 16 heavy (non-hydrogen) atoms. The quantitative estimate of drug-likeness (QED) is 0.588. The van der Waals surface area contributed by atoms with Crippen molar-refractivity contribution < 1.29 is 4.79 Å². The summed E-state index contributed by atoms with van der Waals surface area (Å²) in [5, 5.41) is 6.12. The smallest absolute Gasteiger partial charge is 0.224 e. The molecule has 0 fully saturated rings. The van der Waals surface area contributed by atoms with E-state index in [1.807, 2.05) is 6.92 Å². The predicted octanol–water partition coefficient (Wildman–Crippen LogP) is 0.586. The molecule has 0 atom stereocenters. The fraction of sp³-hybridized carbons (Fsp3) is 0.500. The molecule has 0 radical (unpaired) electrons. The normalized spacial score (nSPS) is 9.81. The van der Waals surface area contributed by atoms with E-state index in [1.165, 1.54) is 0 Å². The fourth-order valence-electron chi connectivity index (χ4n) is 1.18. The molecule has 6 heteroatoms. The zero-order valence-corrected chi connectivity index (χ0v) is 9.36. The molecule has 88 valence electrons. The number of amides is 1. The molecule has 0 aliphatic carbocycles. The zero-order chi connectivity index (χ0) is 11.8. The number of aromatic nitrogens is 2. The topological polar surface area (TPSA) is 92.9 Å². The molecule has 0 aromatic carbocycles. The second-order valence-electron chi connectivity index (χ2n) is 3.29. The molecule has 6 nitrogen and oxygen atoms in total. The van der Waals surface area contributed by atoms with E-state index in [-0.39, 0.29) is 5.91 Å². The molecule has 1 heterocycles. The maximum absolute atomic E-state index is 10.5. The third-order valence-corrected chi connectivity index (χ3v) is 1.90. The van der Waals surface area contributed by atoms with Crippen LogP contribution in [0.1, 0.15) is 19.8 Å². The Balaban J connectivity index is 2.35. The lowest BCUT2D eigenvalue weighted by molar-refractivity contribution is -0.118. The van der Waals surface area contributed by atoms with E-state index in [2.05, 4.69) is 20.6 Å². The van der Waals surface area contributed by atoms with Crippen molar-refractivity contribution in [3.8, 4) is 0 Å². The number of primary amides is 1. The van der Waals surface area contributed by atoms with E-state index in [4.69, 9.17) is 5.73 Å². The number of nitrogens with two attached hydrogens (primary N) is 1. The minimum absolute atomic E-state index is 0.280. The minimum Gasteiger partial charge on any atom is -0.370 e. The van der Waals surface area contributed by atoms with Crippen LogP contribution in [0.5, 0.6) is 0 Å². The first-order valence-corrected chi connectivity index (χ1v) is 5.31. The largest absolute Gasteiger partial charge is 0.370 e. The highest BCUT2D eigenvalue weighted by molar-refractivity contribution is 5.73. The third-order valence-electron chi connectivity index (χ3n) is 1.90. The van der Waals surface area contributed by atoms with Crippen molar-refractivity contribution in [3.05, 3.63) is 12.3 Å². The summed E-state index contributed by atoms with van der Waals surface area (Å²) in [6.45, 7) is 3.44. The Hall–Kier alpha value is -1.85. The van der Waals surface area contributed by atoms with Gasteiger partial charge in [-0.2, -0.15) is 4.98 Å². The lowest BCUT2D eigenvalue weighted by Gasteiger charge is -2.06. The molecule has 1 aromatic rings. The number of anilines is 2. The van der Waals surface area contributed by atoms with Crippen LogP contribution in [0, 0.1) is 0 Å². The lowest BCUT2D eigenvalue weighted by Crippen LogP contribution is -2.13. The Morgan fingerprint density at radius 1 is 1.50 bits per heavy atom. The summed E-state index contributed by atoms with van der Waals surface area (Å²) in [7, 11) is 0. The molecule has 4 N–H and O–H groups in total. The predicted molar refractivity (Wildman–Crippen MR) is 63.1 cm³/mol. The molecule has 0 spiro atoms. The van der Waals surface area contributed by atoms with Gasteiger partial charge in [0.25, 0.3) is 0 Å². The zero-order valence-electron chi connectivity index (χ0n) is 9.36. The highest BCUT2D eigenvalue weighted by Crippen LogP contribution is 2.05. The number of nitrogens with one attached hydrogen (secondary N) is 2. The highest BCUT2D eigenvalue weighted by Gasteiger charge is 1.98. The van der Waals surface area contributed by atoms with Crippen molar-refractivity contribution in [1.82, 2.24) is 9.97 Å². The van der Waals surface area contributed by atoms with Gasteiger partial charge in [0.05, 0.1) is 0 Å². The summed E-state index contributed by atoms with van der Waals surface area (Å²) in [5.74, 6) is 1.07. The van der Waals surface area contributed by atoms with Crippen LogP contribution in [0.15, 0.2) is 12.3 Å². The molecule has 0 aliphatic heterocycles. The molecule has 1 rings (SSSR count). The van der Waals surface area contributed by atoms with Crippen molar-refractivity contribution in [3.63, 3.8) is 0 Å². The molecule has 0 bridgehead atoms. The summed E-state index contributed by atoms with van der Waals surface area (Å²) < 4.78 is 0. The number of hydrogen-bond acceptors (Lipinski definition) is 5. The van der Waals surface area contributed by atoms with Gasteiger partial charge in [0, 0.05) is 25.7 Å². The first-order valence-electron chi connectivity index (χ1n) is 5.31. The van der Waals surface area contributed by atoms with Gasteiger partial charge in [-0.05, 0) is 19.4 Å². The second kappa shape index (κ2) is 6.60. The molecule has 0 unspecified atom stereocenters. The van der Waals surface area contributed by atoms with Crippen molar-refractivity contribution in [2.45, 2.75) is 19.8 Å². The average Bonchev–Trinajstić information content (AvgIpc) is 2.25. The number of carbonyl (C=O) groups excluding carboxylic acids is 1. The van der Waals surface area contributed by atoms with Crippen molar-refractivity contribution in [2.75, 3.05) is 23.7 Å². The summed E-state index contributed by atoms with van der Waals surface area (Å²) >= 11 is 0. The monoisotopic (exact) mass is 223 g/mol. The number of nitrogens with zero attached hydrogens (tertiary/aromatic N) is 2. The SMILES string of the molecule is CCNc1nccc(NCCCC(N)=O)n1. The van der Waals surface area contributed by atoms with Crippen molar-refractivity contribution in [2.24, 2.45) is 5.73 Å². The van der Waals surface area contributed by atoms with Crippen molar-refractivity contribution >= 4 is 17.7 Å². The van der Waals surface area contributed by atoms with Crippen molar-refractivity contribution in [1.29, 1.82) is 0 Å². The number of carbonyl (C=O) groups is 1. The van der Waals surface area contributed by atoms with Gasteiger partial charge in [-0.3, -0.25) is 4.79 Å². The summed E-state index contributed by atoms with van der Waals surface area (Å²) in [4.78, 5) is 18.8. The van der Waals surface area contributed by atoms with Crippen LogP contribution in [-0.2, 0) is 4.79 Å². The average molecular weight is 223 g/mol. The summed E-state index contributed by atoms with van der Waals surface area (Å²) in [5.41, 5.74) is 5.03. The second-order valence-corrected chi connectivity index (χ2v) is 3.29. The third kappa shape index (κ3) is 4.59. The molecule has 0 saturated heterocycles. The first-order chi connectivity index (χ1) is 7.72. The van der Waals surface area contributed by atoms with Gasteiger partial charge in [0.1, 0.15) is 5.82 Å². The maximum Gasteiger partial charge on any atom is 0.224 e. The Kier molecular flexibility index (Phi) is 5.04. The van der Waals surface area contributed by atoms with Crippen LogP contribution in [-0.4, -0.2) is 29.0 Å². The Morgan fingerprint density at radius 3 is 3.00 bits per heavy atom. The van der Waals surface area contributed by atoms with Crippen LogP contribution in [0.3, 0.4) is 0 Å². The van der Waals surface area contributed by atoms with Gasteiger partial charge in [0.2, 0.25) is 11.9 Å². The maximum atomic E-state index is 10.5. The van der Waals surface area contributed by atoms with Gasteiger partial charge < -0.3 is 16.4 Å². The van der Waals surface area contributed by atoms with Gasteiger partial charge in [0.15, 0.2) is 0 Å². The van der Waals surface area contributed by atoms with Crippen LogP contribution >= 0.6 is 0 Å².